The van der Waals surface area contributed by atoms with E-state index in [4.69, 9.17) is 9.21 Å². The van der Waals surface area contributed by atoms with E-state index in [0.717, 1.165) is 31.4 Å². The number of nitrogens with zero attached hydrogens (tertiary/aromatic N) is 1. The first-order valence-corrected chi connectivity index (χ1v) is 12.1. The van der Waals surface area contributed by atoms with Gasteiger partial charge < -0.3 is 14.5 Å². The molecule has 2 aromatic rings. The van der Waals surface area contributed by atoms with Crippen LogP contribution in [0.1, 0.15) is 49.7 Å². The molecule has 0 saturated carbocycles. The Morgan fingerprint density at radius 1 is 1.24 bits per heavy atom. The van der Waals surface area contributed by atoms with Gasteiger partial charge in [-0.1, -0.05) is 31.6 Å². The number of halogens is 5. The Kier molecular flexibility index (Phi) is 13.7. The molecule has 0 aliphatic carbocycles. The number of aryl methyl sites for hydroxylation is 1. The Labute approximate surface area is 215 Å². The molecule has 1 aromatic carbocycles. The molecule has 1 unspecified atom stereocenters. The van der Waals surface area contributed by atoms with E-state index in [0.29, 0.717) is 13.0 Å². The lowest BCUT2D eigenvalue weighted by atomic mass is 9.92. The highest BCUT2D eigenvalue weighted by Gasteiger charge is 2.39. The predicted octanol–water partition coefficient (Wildman–Crippen LogP) is 6.23. The van der Waals surface area contributed by atoms with E-state index < -0.39 is 35.2 Å². The first-order chi connectivity index (χ1) is 17.5. The van der Waals surface area contributed by atoms with Gasteiger partial charge in [-0.25, -0.2) is 13.6 Å². The third-order valence-corrected chi connectivity index (χ3v) is 5.94. The number of rotatable bonds is 12. The number of allylic oxidation sites excluding steroid dienone is 1. The molecule has 0 aliphatic rings. The van der Waals surface area contributed by atoms with Crippen LogP contribution >= 0.6 is 9.39 Å². The SMILES string of the molecule is C=O.CCC[C@H](/C=C(\Cc1cccc(F)c1F)C(=O)Nc1cc(C)oc1C(F)(F)F)CCCN(P)NC. The van der Waals surface area contributed by atoms with Crippen molar-refractivity contribution in [2.75, 3.05) is 18.9 Å². The number of anilines is 1. The molecule has 12 heteroatoms. The van der Waals surface area contributed by atoms with Gasteiger partial charge in [-0.05, 0) is 60.2 Å². The maximum atomic E-state index is 14.4. The number of carbonyl (C=O) groups excluding carboxylic acids is 2. The molecule has 6 nitrogen and oxygen atoms in total. The van der Waals surface area contributed by atoms with Crippen LogP contribution in [0.15, 0.2) is 40.3 Å². The number of hydrogen-bond acceptors (Lipinski definition) is 5. The Bertz CT molecular complexity index is 1040. The van der Waals surface area contributed by atoms with Crippen LogP contribution in [0.25, 0.3) is 0 Å². The van der Waals surface area contributed by atoms with Crippen molar-refractivity contribution in [1.29, 1.82) is 0 Å². The fraction of sp³-hybridized carbons (Fsp3) is 0.440. The number of nitrogens with one attached hydrogen (secondary N) is 2. The summed E-state index contributed by atoms with van der Waals surface area (Å²) in [5.74, 6) is -4.42. The van der Waals surface area contributed by atoms with Gasteiger partial charge in [0.25, 0.3) is 5.91 Å². The average Bonchev–Trinajstić information content (AvgIpc) is 3.23. The summed E-state index contributed by atoms with van der Waals surface area (Å²) in [6, 6.07) is 4.70. The van der Waals surface area contributed by atoms with Crippen LogP contribution in [0.3, 0.4) is 0 Å². The monoisotopic (exact) mass is 549 g/mol. The standard InChI is InChI=1S/C24H31F5N3O2P.CH2O/c1-4-7-16(8-6-11-32(35)30-3)13-18(14-17-9-5-10-19(25)21(17)26)23(33)31-20-12-15(2)34-22(20)24(27,28)29;1-2/h5,9-10,12-13,16,30H,4,6-8,11,14,35H2,1-3H3,(H,31,33);1H2/b18-13+;/t16-;/m0./s1. The summed E-state index contributed by atoms with van der Waals surface area (Å²) in [7, 11) is 4.31. The molecule has 1 heterocycles. The van der Waals surface area contributed by atoms with Crippen molar-refractivity contribution in [2.45, 2.75) is 52.1 Å². The topological polar surface area (TPSA) is 74.6 Å². The van der Waals surface area contributed by atoms with Gasteiger partial charge in [0.15, 0.2) is 11.6 Å². The molecule has 0 aliphatic heterocycles. The minimum absolute atomic E-state index is 0.0234. The summed E-state index contributed by atoms with van der Waals surface area (Å²) in [4.78, 5) is 21.1. The number of hydrazine groups is 1. The first-order valence-electron chi connectivity index (χ1n) is 11.6. The number of carbonyl (C=O) groups is 2. The number of alkyl halides is 3. The highest BCUT2D eigenvalue weighted by atomic mass is 31.0. The van der Waals surface area contributed by atoms with Crippen molar-refractivity contribution in [1.82, 2.24) is 10.2 Å². The lowest BCUT2D eigenvalue weighted by Gasteiger charge is -2.18. The van der Waals surface area contributed by atoms with Crippen LogP contribution in [0, 0.1) is 24.5 Å². The van der Waals surface area contributed by atoms with Crippen molar-refractivity contribution in [3.05, 3.63) is 64.6 Å². The van der Waals surface area contributed by atoms with Gasteiger partial charge in [-0.3, -0.25) is 10.2 Å². The lowest BCUT2D eigenvalue weighted by Crippen LogP contribution is -2.26. The molecule has 2 N–H and O–H groups in total. The summed E-state index contributed by atoms with van der Waals surface area (Å²) < 4.78 is 74.7. The highest BCUT2D eigenvalue weighted by molar-refractivity contribution is 7.13. The van der Waals surface area contributed by atoms with Crippen LogP contribution in [0.5, 0.6) is 0 Å². The molecule has 0 spiro atoms. The van der Waals surface area contributed by atoms with Crippen LogP contribution in [-0.2, 0) is 22.2 Å². The number of furan rings is 1. The molecule has 206 valence electrons. The third-order valence-electron chi connectivity index (χ3n) is 5.42. The van der Waals surface area contributed by atoms with E-state index >= 15 is 0 Å². The van der Waals surface area contributed by atoms with Crippen LogP contribution in [0.4, 0.5) is 27.6 Å². The van der Waals surface area contributed by atoms with Gasteiger partial charge in [-0.2, -0.15) is 13.2 Å². The smallest absolute Gasteiger partial charge is 0.451 e. The lowest BCUT2D eigenvalue weighted by molar-refractivity contribution is -0.152. The largest absolute Gasteiger partial charge is 0.455 e. The number of benzene rings is 1. The molecule has 1 aromatic heterocycles. The highest BCUT2D eigenvalue weighted by Crippen LogP contribution is 2.37. The molecule has 2 atom stereocenters. The van der Waals surface area contributed by atoms with Gasteiger partial charge in [0.1, 0.15) is 12.5 Å². The van der Waals surface area contributed by atoms with Gasteiger partial charge in [-0.15, -0.1) is 0 Å². The zero-order chi connectivity index (χ0) is 28.2. The number of hydrogen-bond donors (Lipinski definition) is 2. The zero-order valence-electron chi connectivity index (χ0n) is 21.1. The Hall–Kier alpha value is -2.62. The molecule has 0 saturated heterocycles. The fourth-order valence-electron chi connectivity index (χ4n) is 3.73. The van der Waals surface area contributed by atoms with Crippen molar-refractivity contribution in [2.24, 2.45) is 5.92 Å². The maximum Gasteiger partial charge on any atom is 0.451 e. The first kappa shape index (κ1) is 32.4. The Balaban J connectivity index is 0.00000334. The summed E-state index contributed by atoms with van der Waals surface area (Å²) in [5.41, 5.74) is 2.43. The molecule has 0 fully saturated rings. The molecule has 0 radical (unpaired) electrons. The fourth-order valence-corrected chi connectivity index (χ4v) is 3.91. The van der Waals surface area contributed by atoms with Gasteiger partial charge in [0.05, 0.1) is 5.69 Å². The van der Waals surface area contributed by atoms with E-state index in [1.54, 1.807) is 13.1 Å². The summed E-state index contributed by atoms with van der Waals surface area (Å²) in [5, 5.41) is 2.26. The second-order valence-corrected chi connectivity index (χ2v) is 8.86. The van der Waals surface area contributed by atoms with Crippen LogP contribution in [0.2, 0.25) is 0 Å². The van der Waals surface area contributed by atoms with E-state index in [9.17, 15) is 26.7 Å². The summed E-state index contributed by atoms with van der Waals surface area (Å²) in [6.45, 7) is 6.02. The molecular weight excluding hydrogens is 516 g/mol. The van der Waals surface area contributed by atoms with E-state index in [-0.39, 0.29) is 29.2 Å². The maximum absolute atomic E-state index is 14.4. The van der Waals surface area contributed by atoms with E-state index in [2.05, 4.69) is 20.1 Å². The molecule has 37 heavy (non-hydrogen) atoms. The molecular formula is C25H33F5N3O3P. The van der Waals surface area contributed by atoms with Crippen LogP contribution < -0.4 is 10.7 Å². The van der Waals surface area contributed by atoms with Crippen LogP contribution in [-0.4, -0.2) is 31.1 Å². The average molecular weight is 550 g/mol. The van der Waals surface area contributed by atoms with Crippen molar-refractivity contribution in [3.8, 4) is 0 Å². The van der Waals surface area contributed by atoms with E-state index in [1.165, 1.54) is 19.1 Å². The second-order valence-electron chi connectivity index (χ2n) is 8.24. The quantitative estimate of drug-likeness (QED) is 0.142. The van der Waals surface area contributed by atoms with Gasteiger partial charge >= 0.3 is 6.18 Å². The van der Waals surface area contributed by atoms with Crippen molar-refractivity contribution >= 4 is 27.8 Å². The second kappa shape index (κ2) is 15.6. The third kappa shape index (κ3) is 10.3. The Morgan fingerprint density at radius 2 is 1.92 bits per heavy atom. The zero-order valence-corrected chi connectivity index (χ0v) is 22.2. The Morgan fingerprint density at radius 3 is 2.51 bits per heavy atom. The van der Waals surface area contributed by atoms with Gasteiger partial charge in [0, 0.05) is 24.6 Å². The van der Waals surface area contributed by atoms with Gasteiger partial charge in [0.2, 0.25) is 5.76 Å². The minimum atomic E-state index is -4.81. The normalized spacial score (nSPS) is 12.8. The summed E-state index contributed by atoms with van der Waals surface area (Å²) in [6.07, 6.45) is -0.430. The number of amides is 1. The van der Waals surface area contributed by atoms with Crippen molar-refractivity contribution < 1.29 is 36.0 Å². The molecule has 2 rings (SSSR count). The molecule has 1 amide bonds. The summed E-state index contributed by atoms with van der Waals surface area (Å²) >= 11 is 0. The van der Waals surface area contributed by atoms with Crippen molar-refractivity contribution in [3.63, 3.8) is 0 Å². The minimum Gasteiger partial charge on any atom is -0.455 e. The molecule has 0 bridgehead atoms. The van der Waals surface area contributed by atoms with E-state index in [1.807, 2.05) is 18.5 Å². The predicted molar refractivity (Wildman–Crippen MR) is 135 cm³/mol.